The van der Waals surface area contributed by atoms with Crippen molar-refractivity contribution in [2.75, 3.05) is 6.54 Å². The summed E-state index contributed by atoms with van der Waals surface area (Å²) in [6, 6.07) is 17.2. The first-order valence-electron chi connectivity index (χ1n) is 10.0. The first-order chi connectivity index (χ1) is 15.2. The van der Waals surface area contributed by atoms with Crippen LogP contribution in [0.3, 0.4) is 0 Å². The minimum Gasteiger partial charge on any atom is -0.507 e. The summed E-state index contributed by atoms with van der Waals surface area (Å²) in [6.45, 7) is 1.45. The summed E-state index contributed by atoms with van der Waals surface area (Å²) in [7, 11) is 0. The Morgan fingerprint density at radius 3 is 2.74 bits per heavy atom. The van der Waals surface area contributed by atoms with E-state index in [1.54, 1.807) is 17.2 Å². The number of pyridine rings is 1. The van der Waals surface area contributed by atoms with Gasteiger partial charge >= 0.3 is 0 Å². The van der Waals surface area contributed by atoms with E-state index in [0.29, 0.717) is 25.2 Å². The van der Waals surface area contributed by atoms with Crippen LogP contribution in [0.1, 0.15) is 27.0 Å². The van der Waals surface area contributed by atoms with E-state index < -0.39 is 0 Å². The van der Waals surface area contributed by atoms with E-state index in [-0.39, 0.29) is 11.7 Å². The average molecular weight is 408 g/mol. The lowest BCUT2D eigenvalue weighted by Gasteiger charge is -2.16. The van der Waals surface area contributed by atoms with Gasteiger partial charge in [0.05, 0.1) is 24.3 Å². The van der Waals surface area contributed by atoms with Crippen LogP contribution in [0.5, 0.6) is 5.75 Å². The molecular formula is C25H20N4O2. The van der Waals surface area contributed by atoms with Crippen LogP contribution in [0.15, 0.2) is 73.2 Å². The minimum absolute atomic E-state index is 0.00410. The number of benzene rings is 2. The lowest BCUT2D eigenvalue weighted by Crippen LogP contribution is -2.24. The van der Waals surface area contributed by atoms with Crippen molar-refractivity contribution in [3.05, 3.63) is 95.4 Å². The summed E-state index contributed by atoms with van der Waals surface area (Å²) >= 11 is 0. The first kappa shape index (κ1) is 18.8. The van der Waals surface area contributed by atoms with E-state index in [0.717, 1.165) is 27.9 Å². The zero-order valence-electron chi connectivity index (χ0n) is 16.7. The molecular weight excluding hydrogens is 388 g/mol. The Labute approximate surface area is 179 Å². The maximum Gasteiger partial charge on any atom is 0.259 e. The number of nitrogens with one attached hydrogen (secondary N) is 1. The largest absolute Gasteiger partial charge is 0.507 e. The molecule has 1 aliphatic heterocycles. The average Bonchev–Trinajstić information content (AvgIpc) is 3.08. The SMILES string of the molecule is O=C1c2c(O)cc(-c3cn(Cc4cccnc4)[nH]3)cc2CN1CC#Cc1ccccc1. The van der Waals surface area contributed by atoms with Crippen LogP contribution in [0.25, 0.3) is 11.3 Å². The Kier molecular flexibility index (Phi) is 4.77. The number of hydrogen-bond donors (Lipinski definition) is 2. The number of phenolic OH excluding ortho intramolecular Hbond substituents is 1. The molecule has 4 aromatic rings. The van der Waals surface area contributed by atoms with Crippen LogP contribution in [0.2, 0.25) is 0 Å². The molecule has 1 amide bonds. The monoisotopic (exact) mass is 408 g/mol. The van der Waals surface area contributed by atoms with E-state index in [1.807, 2.05) is 65.6 Å². The molecule has 152 valence electrons. The van der Waals surface area contributed by atoms with Gasteiger partial charge < -0.3 is 10.0 Å². The lowest BCUT2D eigenvalue weighted by molar-refractivity contribution is 0.0797. The molecule has 0 radical (unpaired) electrons. The second-order valence-electron chi connectivity index (χ2n) is 7.50. The molecule has 0 fully saturated rings. The topological polar surface area (TPSA) is 74.1 Å². The van der Waals surface area contributed by atoms with Crippen LogP contribution in [0.4, 0.5) is 0 Å². The van der Waals surface area contributed by atoms with Gasteiger partial charge in [-0.2, -0.15) is 0 Å². The maximum absolute atomic E-state index is 12.7. The molecule has 0 aliphatic carbocycles. The molecule has 6 heteroatoms. The fraction of sp³-hybridized carbons (Fsp3) is 0.120. The molecule has 2 aromatic carbocycles. The second kappa shape index (κ2) is 7.88. The zero-order valence-corrected chi connectivity index (χ0v) is 16.7. The predicted octanol–water partition coefficient (Wildman–Crippen LogP) is 3.64. The van der Waals surface area contributed by atoms with Gasteiger partial charge in [0.2, 0.25) is 0 Å². The van der Waals surface area contributed by atoms with Crippen molar-refractivity contribution < 1.29 is 9.90 Å². The van der Waals surface area contributed by atoms with Crippen molar-refractivity contribution in [2.24, 2.45) is 0 Å². The van der Waals surface area contributed by atoms with E-state index in [4.69, 9.17) is 0 Å². The predicted molar refractivity (Wildman–Crippen MR) is 117 cm³/mol. The van der Waals surface area contributed by atoms with Crippen LogP contribution in [-0.2, 0) is 13.1 Å². The number of carbonyl (C=O) groups is 1. The van der Waals surface area contributed by atoms with Crippen LogP contribution in [-0.4, -0.2) is 37.2 Å². The van der Waals surface area contributed by atoms with Crippen molar-refractivity contribution in [1.29, 1.82) is 0 Å². The Bertz CT molecular complexity index is 1280. The number of amides is 1. The van der Waals surface area contributed by atoms with Gasteiger partial charge in [0.1, 0.15) is 5.75 Å². The molecule has 6 nitrogen and oxygen atoms in total. The highest BCUT2D eigenvalue weighted by Crippen LogP contribution is 2.35. The highest BCUT2D eigenvalue weighted by Gasteiger charge is 2.30. The zero-order chi connectivity index (χ0) is 21.2. The molecule has 2 N–H and O–H groups in total. The lowest BCUT2D eigenvalue weighted by atomic mass is 10.0. The number of fused-ring (bicyclic) bond motifs is 1. The Balaban J connectivity index is 1.30. The van der Waals surface area contributed by atoms with Gasteiger partial charge in [-0.15, -0.1) is 0 Å². The molecule has 5 rings (SSSR count). The molecule has 0 saturated heterocycles. The molecule has 0 bridgehead atoms. The summed E-state index contributed by atoms with van der Waals surface area (Å²) in [5.74, 6) is 5.94. The third-order valence-electron chi connectivity index (χ3n) is 5.27. The van der Waals surface area contributed by atoms with Gasteiger partial charge in [0, 0.05) is 36.3 Å². The quantitative estimate of drug-likeness (QED) is 0.507. The summed E-state index contributed by atoms with van der Waals surface area (Å²) in [5.41, 5.74) is 4.95. The van der Waals surface area contributed by atoms with Crippen molar-refractivity contribution in [2.45, 2.75) is 13.1 Å². The fourth-order valence-electron chi connectivity index (χ4n) is 3.75. The molecule has 1 aliphatic rings. The number of hydrogen-bond acceptors (Lipinski definition) is 3. The number of aromatic amines is 1. The minimum atomic E-state index is -0.185. The van der Waals surface area contributed by atoms with Gasteiger partial charge in [-0.05, 0) is 41.5 Å². The molecule has 0 spiro atoms. The van der Waals surface area contributed by atoms with Crippen molar-refractivity contribution in [3.63, 3.8) is 0 Å². The van der Waals surface area contributed by atoms with Crippen LogP contribution >= 0.6 is 0 Å². The van der Waals surface area contributed by atoms with Crippen molar-refractivity contribution >= 4 is 5.91 Å². The summed E-state index contributed by atoms with van der Waals surface area (Å²) in [5, 5.41) is 13.8. The molecule has 0 saturated carbocycles. The third-order valence-corrected chi connectivity index (χ3v) is 5.27. The number of aromatic hydroxyl groups is 1. The number of aromatic nitrogens is 3. The van der Waals surface area contributed by atoms with Gasteiger partial charge in [0.25, 0.3) is 5.91 Å². The molecule has 31 heavy (non-hydrogen) atoms. The first-order valence-corrected chi connectivity index (χ1v) is 10.0. The second-order valence-corrected chi connectivity index (χ2v) is 7.50. The van der Waals surface area contributed by atoms with Crippen molar-refractivity contribution in [3.8, 4) is 28.8 Å². The standard InChI is InChI=1S/C25H20N4O2/c30-23-13-20(22-17-29(27-22)15-19-8-4-10-26-14-19)12-21-16-28(25(31)24(21)23)11-5-9-18-6-2-1-3-7-18/h1-4,6-8,10,12-14,17,27,30H,11,15-16H2. The number of H-pyrrole nitrogens is 1. The Hall–Kier alpha value is -4.24. The van der Waals surface area contributed by atoms with E-state index in [9.17, 15) is 9.90 Å². The van der Waals surface area contributed by atoms with Gasteiger partial charge in [0.15, 0.2) is 0 Å². The molecule has 2 aromatic heterocycles. The highest BCUT2D eigenvalue weighted by atomic mass is 16.3. The molecule has 0 unspecified atom stereocenters. The van der Waals surface area contributed by atoms with Gasteiger partial charge in [-0.25, -0.2) is 0 Å². The highest BCUT2D eigenvalue weighted by molar-refractivity contribution is 6.01. The Morgan fingerprint density at radius 2 is 1.97 bits per heavy atom. The van der Waals surface area contributed by atoms with Crippen LogP contribution in [0, 0.1) is 11.8 Å². The Morgan fingerprint density at radius 1 is 1.13 bits per heavy atom. The smallest absolute Gasteiger partial charge is 0.259 e. The van der Waals surface area contributed by atoms with Crippen LogP contribution < -0.4 is 0 Å². The summed E-state index contributed by atoms with van der Waals surface area (Å²) in [6.07, 6.45) is 5.56. The fourth-order valence-corrected chi connectivity index (χ4v) is 3.75. The van der Waals surface area contributed by atoms with Gasteiger partial charge in [-0.1, -0.05) is 36.1 Å². The summed E-state index contributed by atoms with van der Waals surface area (Å²) in [4.78, 5) is 18.5. The normalized spacial score (nSPS) is 12.5. The van der Waals surface area contributed by atoms with E-state index >= 15 is 0 Å². The number of nitrogens with zero attached hydrogens (tertiary/aromatic N) is 3. The van der Waals surface area contributed by atoms with Gasteiger partial charge in [-0.3, -0.25) is 19.6 Å². The van der Waals surface area contributed by atoms with E-state index in [2.05, 4.69) is 21.9 Å². The molecule has 3 heterocycles. The van der Waals surface area contributed by atoms with Crippen molar-refractivity contribution in [1.82, 2.24) is 19.7 Å². The number of rotatable bonds is 4. The number of phenols is 1. The third kappa shape index (κ3) is 3.81. The summed E-state index contributed by atoms with van der Waals surface area (Å²) < 4.78 is 1.95. The van der Waals surface area contributed by atoms with E-state index in [1.165, 1.54) is 0 Å². The number of carbonyl (C=O) groups excluding carboxylic acids is 1. The molecule has 0 atom stereocenters. The maximum atomic E-state index is 12.7.